The van der Waals surface area contributed by atoms with Gasteiger partial charge in [0.2, 0.25) is 0 Å². The molecule has 1 aromatic carbocycles. The second-order valence-electron chi connectivity index (χ2n) is 2.41. The van der Waals surface area contributed by atoms with E-state index < -0.39 is 11.6 Å². The zero-order valence-electron chi connectivity index (χ0n) is 8.10. The average molecular weight is 328 g/mol. The van der Waals surface area contributed by atoms with Gasteiger partial charge in [0.25, 0.3) is 0 Å². The molecule has 1 aromatic rings. The summed E-state index contributed by atoms with van der Waals surface area (Å²) in [5.74, 6) is -2.03. The van der Waals surface area contributed by atoms with E-state index in [1.807, 2.05) is 0 Å². The maximum atomic E-state index is 12.9. The van der Waals surface area contributed by atoms with Gasteiger partial charge in [-0.2, -0.15) is 6.07 Å². The summed E-state index contributed by atoms with van der Waals surface area (Å²) in [5, 5.41) is 0. The monoisotopic (exact) mass is 326 g/mol. The van der Waals surface area contributed by atoms with Gasteiger partial charge in [0.05, 0.1) is 12.4 Å². The summed E-state index contributed by atoms with van der Waals surface area (Å²) < 4.78 is 30.4. The van der Waals surface area contributed by atoms with E-state index in [0.29, 0.717) is 6.42 Å². The Hall–Kier alpha value is -0.277. The molecule has 0 aliphatic heterocycles. The number of rotatable bonds is 4. The molecule has 0 aromatic heterocycles. The van der Waals surface area contributed by atoms with Gasteiger partial charge in [-0.15, -0.1) is 18.7 Å². The van der Waals surface area contributed by atoms with Crippen LogP contribution in [-0.2, 0) is 16.3 Å². The van der Waals surface area contributed by atoms with Crippen LogP contribution in [0.1, 0.15) is 6.42 Å². The summed E-state index contributed by atoms with van der Waals surface area (Å²) >= 11 is 4.25. The van der Waals surface area contributed by atoms with E-state index in [-0.39, 0.29) is 12.4 Å². The standard InChI is InChI=1S/C10H9F2O.BrH.Zn/c1-2-3-7-13-9-6-4-5-8(11)10(9)12;;/h2,5-6H,1,3,7H2;1H;/q-1;;+2/p-1. The van der Waals surface area contributed by atoms with Crippen molar-refractivity contribution in [3.05, 3.63) is 42.5 Å². The normalized spacial score (nSPS) is 8.87. The molecule has 0 atom stereocenters. The van der Waals surface area contributed by atoms with Crippen LogP contribution in [0.4, 0.5) is 8.78 Å². The molecule has 0 spiro atoms. The molecule has 1 rings (SSSR count). The number of hydrogen-bond acceptors (Lipinski definition) is 1. The molecule has 1 nitrogen and oxygen atoms in total. The fraction of sp³-hybridized carbons (Fsp3) is 0.200. The molecule has 0 radical (unpaired) electrons. The van der Waals surface area contributed by atoms with Crippen molar-refractivity contribution in [3.8, 4) is 5.75 Å². The predicted molar refractivity (Wildman–Crippen MR) is 54.4 cm³/mol. The Kier molecular flexibility index (Phi) is 8.82. The van der Waals surface area contributed by atoms with E-state index >= 15 is 0 Å². The topological polar surface area (TPSA) is 9.23 Å². The zero-order valence-corrected chi connectivity index (χ0v) is 12.7. The van der Waals surface area contributed by atoms with E-state index in [1.54, 1.807) is 6.08 Å². The number of ether oxygens (including phenoxy) is 1. The molecule has 0 fully saturated rings. The quantitative estimate of drug-likeness (QED) is 0.355. The third kappa shape index (κ3) is 5.38. The first kappa shape index (κ1) is 14.7. The second kappa shape index (κ2) is 8.99. The summed E-state index contributed by atoms with van der Waals surface area (Å²) in [7, 11) is 0. The Bertz CT molecular complexity index is 307. The van der Waals surface area contributed by atoms with Crippen molar-refractivity contribution in [3.63, 3.8) is 0 Å². The molecule has 0 aliphatic carbocycles. The molecule has 0 heterocycles. The molecule has 0 unspecified atom stereocenters. The number of benzene rings is 1. The molecule has 0 aliphatic rings. The SMILES string of the molecule is C=CCCOc1c[c-]cc(F)c1F.[Zn+][Br]. The molecule has 78 valence electrons. The van der Waals surface area contributed by atoms with Crippen molar-refractivity contribution in [2.24, 2.45) is 0 Å². The van der Waals surface area contributed by atoms with Gasteiger partial charge in [-0.3, -0.25) is 4.39 Å². The van der Waals surface area contributed by atoms with Gasteiger partial charge in [0, 0.05) is 11.6 Å². The van der Waals surface area contributed by atoms with Crippen LogP contribution in [0.25, 0.3) is 0 Å². The van der Waals surface area contributed by atoms with Gasteiger partial charge in [-0.25, -0.2) is 4.39 Å². The summed E-state index contributed by atoms with van der Waals surface area (Å²) in [6.45, 7) is 3.77. The summed E-state index contributed by atoms with van der Waals surface area (Å²) in [4.78, 5) is 0. The third-order valence-corrected chi connectivity index (χ3v) is 1.43. The van der Waals surface area contributed by atoms with E-state index in [0.717, 1.165) is 6.07 Å². The van der Waals surface area contributed by atoms with Gasteiger partial charge >= 0.3 is 30.0 Å². The van der Waals surface area contributed by atoms with Crippen LogP contribution >= 0.6 is 13.6 Å². The third-order valence-electron chi connectivity index (χ3n) is 1.43. The minimum absolute atomic E-state index is 0.109. The molecule has 15 heavy (non-hydrogen) atoms. The van der Waals surface area contributed by atoms with Gasteiger partial charge in [0.1, 0.15) is 0 Å². The van der Waals surface area contributed by atoms with Crippen LogP contribution in [0.3, 0.4) is 0 Å². The number of hydrogen-bond donors (Lipinski definition) is 0. The number of halogens is 3. The Labute approximate surface area is 105 Å². The fourth-order valence-corrected chi connectivity index (χ4v) is 0.792. The Morgan fingerprint density at radius 1 is 1.47 bits per heavy atom. The molecule has 0 saturated heterocycles. The molecular formula is C10H9BrF2OZn. The Morgan fingerprint density at radius 3 is 2.73 bits per heavy atom. The zero-order chi connectivity index (χ0) is 11.7. The predicted octanol–water partition coefficient (Wildman–Crippen LogP) is 3.56. The first-order valence-electron chi connectivity index (χ1n) is 4.11. The summed E-state index contributed by atoms with van der Waals surface area (Å²) in [6.07, 6.45) is 2.23. The van der Waals surface area contributed by atoms with Gasteiger partial charge in [-0.05, 0) is 6.42 Å². The molecule has 0 N–H and O–H groups in total. The first-order chi connectivity index (χ1) is 7.25. The minimum atomic E-state index is -0.970. The van der Waals surface area contributed by atoms with E-state index in [1.165, 1.54) is 22.4 Å². The molecule has 5 heteroatoms. The van der Waals surface area contributed by atoms with Crippen molar-refractivity contribution in [2.45, 2.75) is 6.42 Å². The van der Waals surface area contributed by atoms with Gasteiger partial charge in [-0.1, -0.05) is 6.08 Å². The summed E-state index contributed by atoms with van der Waals surface area (Å²) in [5.41, 5.74) is 0. The van der Waals surface area contributed by atoms with Crippen molar-refractivity contribution in [1.29, 1.82) is 0 Å². The van der Waals surface area contributed by atoms with Crippen LogP contribution < -0.4 is 4.74 Å². The van der Waals surface area contributed by atoms with Crippen molar-refractivity contribution in [1.82, 2.24) is 0 Å². The van der Waals surface area contributed by atoms with Crippen molar-refractivity contribution >= 4 is 13.6 Å². The first-order valence-corrected chi connectivity index (χ1v) is 11.1. The van der Waals surface area contributed by atoms with Crippen LogP contribution in [0.5, 0.6) is 5.75 Å². The van der Waals surface area contributed by atoms with Gasteiger partial charge in [0.15, 0.2) is 0 Å². The molecule has 0 bridgehead atoms. The fourth-order valence-electron chi connectivity index (χ4n) is 0.792. The Morgan fingerprint density at radius 2 is 2.13 bits per heavy atom. The van der Waals surface area contributed by atoms with Crippen molar-refractivity contribution < 1.29 is 29.9 Å². The van der Waals surface area contributed by atoms with Crippen LogP contribution in [-0.4, -0.2) is 6.61 Å². The summed E-state index contributed by atoms with van der Waals surface area (Å²) in [6, 6.07) is 4.62. The van der Waals surface area contributed by atoms with Crippen LogP contribution in [0, 0.1) is 17.7 Å². The van der Waals surface area contributed by atoms with Crippen LogP contribution in [0.2, 0.25) is 0 Å². The average Bonchev–Trinajstić information content (AvgIpc) is 2.27. The molecule has 0 amide bonds. The van der Waals surface area contributed by atoms with E-state index in [2.05, 4.69) is 26.3 Å². The van der Waals surface area contributed by atoms with Crippen molar-refractivity contribution in [2.75, 3.05) is 6.61 Å². The van der Waals surface area contributed by atoms with E-state index in [4.69, 9.17) is 4.74 Å². The van der Waals surface area contributed by atoms with Crippen LogP contribution in [0.15, 0.2) is 24.8 Å². The van der Waals surface area contributed by atoms with E-state index in [9.17, 15) is 8.78 Å². The molecule has 0 saturated carbocycles. The maximum absolute atomic E-state index is 12.9. The molecular weight excluding hydrogens is 319 g/mol. The second-order valence-corrected chi connectivity index (χ2v) is 2.41. The van der Waals surface area contributed by atoms with Gasteiger partial charge < -0.3 is 4.74 Å². The Balaban J connectivity index is 0.000000921.